The lowest BCUT2D eigenvalue weighted by Gasteiger charge is -2.35. The summed E-state index contributed by atoms with van der Waals surface area (Å²) in [7, 11) is -0.802. The van der Waals surface area contributed by atoms with E-state index in [2.05, 4.69) is 5.32 Å². The Balaban J connectivity index is 1.67. The molecule has 1 aliphatic heterocycles. The lowest BCUT2D eigenvalue weighted by molar-refractivity contribution is -0.125. The largest absolute Gasteiger partial charge is 0.497 e. The molecular formula is C27H30N2O5S. The van der Waals surface area contributed by atoms with Gasteiger partial charge in [0.05, 0.1) is 19.1 Å². The van der Waals surface area contributed by atoms with Crippen molar-refractivity contribution in [2.24, 2.45) is 0 Å². The van der Waals surface area contributed by atoms with Crippen molar-refractivity contribution < 1.29 is 22.7 Å². The Bertz CT molecular complexity index is 1350. The van der Waals surface area contributed by atoms with E-state index in [4.69, 9.17) is 9.47 Å². The van der Waals surface area contributed by atoms with Crippen LogP contribution in [0.4, 0.5) is 0 Å². The first-order valence-electron chi connectivity index (χ1n) is 11.4. The molecule has 0 spiro atoms. The normalized spacial score (nSPS) is 15.8. The van der Waals surface area contributed by atoms with E-state index in [1.54, 1.807) is 51.5 Å². The molecule has 0 fully saturated rings. The maximum absolute atomic E-state index is 13.9. The molecule has 4 rings (SSSR count). The fraction of sp³-hybridized carbons (Fsp3) is 0.296. The predicted molar refractivity (Wildman–Crippen MR) is 134 cm³/mol. The van der Waals surface area contributed by atoms with Gasteiger partial charge in [0, 0.05) is 18.7 Å². The van der Waals surface area contributed by atoms with Crippen LogP contribution in [0.1, 0.15) is 27.8 Å². The number of methoxy groups -OCH3 is 2. The van der Waals surface area contributed by atoms with Crippen molar-refractivity contribution in [3.63, 3.8) is 0 Å². The molecule has 7 nitrogen and oxygen atoms in total. The van der Waals surface area contributed by atoms with Gasteiger partial charge in [-0.3, -0.25) is 4.79 Å². The maximum Gasteiger partial charge on any atom is 0.244 e. The molecular weight excluding hydrogens is 464 g/mol. The predicted octanol–water partition coefficient (Wildman–Crippen LogP) is 3.75. The number of hydrogen-bond acceptors (Lipinski definition) is 5. The number of nitrogens with zero attached hydrogens (tertiary/aromatic N) is 1. The van der Waals surface area contributed by atoms with Crippen molar-refractivity contribution in [1.82, 2.24) is 9.62 Å². The van der Waals surface area contributed by atoms with Gasteiger partial charge in [-0.25, -0.2) is 8.42 Å². The molecule has 0 bridgehead atoms. The van der Waals surface area contributed by atoms with Crippen molar-refractivity contribution in [3.05, 3.63) is 88.5 Å². The van der Waals surface area contributed by atoms with Gasteiger partial charge in [-0.15, -0.1) is 0 Å². The molecule has 184 valence electrons. The van der Waals surface area contributed by atoms with E-state index in [0.29, 0.717) is 23.5 Å². The van der Waals surface area contributed by atoms with Crippen LogP contribution in [-0.2, 0) is 34.3 Å². The van der Waals surface area contributed by atoms with Gasteiger partial charge in [-0.1, -0.05) is 36.4 Å². The summed E-state index contributed by atoms with van der Waals surface area (Å²) in [6.45, 7) is 3.94. The standard InChI is InChI=1S/C27H30N2O5S/c1-18-9-10-19(2)26(13-18)35(31,32)29-17-21-8-6-5-7-20(21)15-24(29)27(30)28-16-22-14-23(33-3)11-12-25(22)34-4/h5-14,24H,15-17H2,1-4H3,(H,28,30). The molecule has 1 amide bonds. The van der Waals surface area contributed by atoms with Crippen LogP contribution in [-0.4, -0.2) is 38.9 Å². The van der Waals surface area contributed by atoms with Gasteiger partial charge in [0.15, 0.2) is 0 Å². The van der Waals surface area contributed by atoms with Crippen molar-refractivity contribution in [1.29, 1.82) is 0 Å². The Hall–Kier alpha value is -3.36. The van der Waals surface area contributed by atoms with Crippen LogP contribution in [0.5, 0.6) is 11.5 Å². The Morgan fingerprint density at radius 3 is 2.46 bits per heavy atom. The second-order valence-corrected chi connectivity index (χ2v) is 10.6. The highest BCUT2D eigenvalue weighted by Gasteiger charge is 2.40. The van der Waals surface area contributed by atoms with E-state index in [9.17, 15) is 13.2 Å². The Morgan fingerprint density at radius 1 is 1.00 bits per heavy atom. The molecule has 1 N–H and O–H groups in total. The smallest absolute Gasteiger partial charge is 0.244 e. The first-order valence-corrected chi connectivity index (χ1v) is 12.8. The average Bonchev–Trinajstić information content (AvgIpc) is 2.87. The first kappa shape index (κ1) is 24.8. The van der Waals surface area contributed by atoms with Crippen LogP contribution in [0, 0.1) is 13.8 Å². The molecule has 0 radical (unpaired) electrons. The highest BCUT2D eigenvalue weighted by molar-refractivity contribution is 7.89. The summed E-state index contributed by atoms with van der Waals surface area (Å²) in [5, 5.41) is 2.92. The van der Waals surface area contributed by atoms with E-state index in [-0.39, 0.29) is 23.9 Å². The third-order valence-corrected chi connectivity index (χ3v) is 8.38. The lowest BCUT2D eigenvalue weighted by Crippen LogP contribution is -2.52. The topological polar surface area (TPSA) is 84.9 Å². The third-order valence-electron chi connectivity index (χ3n) is 6.38. The minimum atomic E-state index is -3.93. The van der Waals surface area contributed by atoms with E-state index < -0.39 is 16.1 Å². The molecule has 35 heavy (non-hydrogen) atoms. The molecule has 1 atom stereocenters. The number of ether oxygens (including phenoxy) is 2. The number of sulfonamides is 1. The van der Waals surface area contributed by atoms with Crippen LogP contribution in [0.2, 0.25) is 0 Å². The summed E-state index contributed by atoms with van der Waals surface area (Å²) < 4.78 is 39.7. The van der Waals surface area contributed by atoms with Crippen molar-refractivity contribution in [2.75, 3.05) is 14.2 Å². The molecule has 0 aromatic heterocycles. The fourth-order valence-corrected chi connectivity index (χ4v) is 6.28. The van der Waals surface area contributed by atoms with Crippen LogP contribution in [0.25, 0.3) is 0 Å². The number of nitrogens with one attached hydrogen (secondary N) is 1. The van der Waals surface area contributed by atoms with Gasteiger partial charge in [-0.05, 0) is 66.8 Å². The number of carbonyl (C=O) groups excluding carboxylic acids is 1. The molecule has 8 heteroatoms. The van der Waals surface area contributed by atoms with E-state index >= 15 is 0 Å². The van der Waals surface area contributed by atoms with Crippen molar-refractivity contribution in [2.45, 2.75) is 44.3 Å². The van der Waals surface area contributed by atoms with Gasteiger partial charge in [0.1, 0.15) is 17.5 Å². The lowest BCUT2D eigenvalue weighted by atomic mass is 9.95. The first-order chi connectivity index (χ1) is 16.7. The zero-order chi connectivity index (χ0) is 25.2. The highest BCUT2D eigenvalue weighted by atomic mass is 32.2. The zero-order valence-electron chi connectivity index (χ0n) is 20.4. The summed E-state index contributed by atoms with van der Waals surface area (Å²) in [5.41, 5.74) is 4.10. The Labute approximate surface area is 206 Å². The minimum absolute atomic E-state index is 0.131. The second kappa shape index (κ2) is 10.1. The molecule has 1 heterocycles. The number of hydrogen-bond donors (Lipinski definition) is 1. The summed E-state index contributed by atoms with van der Waals surface area (Å²) >= 11 is 0. The quantitative estimate of drug-likeness (QED) is 0.541. The number of fused-ring (bicyclic) bond motifs is 1. The highest BCUT2D eigenvalue weighted by Crippen LogP contribution is 2.31. The van der Waals surface area contributed by atoms with Crippen molar-refractivity contribution >= 4 is 15.9 Å². The number of amides is 1. The second-order valence-electron chi connectivity index (χ2n) is 8.70. The number of benzene rings is 3. The fourth-order valence-electron chi connectivity index (χ4n) is 4.41. The minimum Gasteiger partial charge on any atom is -0.497 e. The van der Waals surface area contributed by atoms with Gasteiger partial charge in [-0.2, -0.15) is 4.31 Å². The van der Waals surface area contributed by atoms with E-state index in [1.165, 1.54) is 4.31 Å². The van der Waals surface area contributed by atoms with Gasteiger partial charge in [0.2, 0.25) is 15.9 Å². The average molecular weight is 495 g/mol. The molecule has 1 unspecified atom stereocenters. The van der Waals surface area contributed by atoms with E-state index in [0.717, 1.165) is 22.3 Å². The van der Waals surface area contributed by atoms with Crippen LogP contribution in [0.3, 0.4) is 0 Å². The molecule has 3 aromatic rings. The van der Waals surface area contributed by atoms with Crippen LogP contribution >= 0.6 is 0 Å². The summed E-state index contributed by atoms with van der Waals surface area (Å²) in [4.78, 5) is 13.7. The summed E-state index contributed by atoms with van der Waals surface area (Å²) in [5.74, 6) is 0.888. The van der Waals surface area contributed by atoms with Crippen LogP contribution in [0.15, 0.2) is 65.6 Å². The van der Waals surface area contributed by atoms with Crippen LogP contribution < -0.4 is 14.8 Å². The van der Waals surface area contributed by atoms with Gasteiger partial charge < -0.3 is 14.8 Å². The van der Waals surface area contributed by atoms with E-state index in [1.807, 2.05) is 37.3 Å². The summed E-state index contributed by atoms with van der Waals surface area (Å²) in [6.07, 6.45) is 0.293. The molecule has 1 aliphatic rings. The third kappa shape index (κ3) is 5.04. The molecule has 0 aliphatic carbocycles. The number of carbonyl (C=O) groups is 1. The number of aryl methyl sites for hydroxylation is 2. The maximum atomic E-state index is 13.9. The molecule has 0 saturated carbocycles. The van der Waals surface area contributed by atoms with Crippen molar-refractivity contribution in [3.8, 4) is 11.5 Å². The summed E-state index contributed by atoms with van der Waals surface area (Å²) in [6, 6.07) is 17.5. The zero-order valence-corrected chi connectivity index (χ0v) is 21.2. The molecule has 0 saturated heterocycles. The van der Waals surface area contributed by atoms with Gasteiger partial charge in [0.25, 0.3) is 0 Å². The number of rotatable bonds is 7. The Kier molecular flexibility index (Phi) is 7.14. The SMILES string of the molecule is COc1ccc(OC)c(CNC(=O)C2Cc3ccccc3CN2S(=O)(=O)c2cc(C)ccc2C)c1. The monoisotopic (exact) mass is 494 g/mol. The molecule has 3 aromatic carbocycles. The van der Waals surface area contributed by atoms with Gasteiger partial charge >= 0.3 is 0 Å². The Morgan fingerprint density at radius 2 is 1.74 bits per heavy atom.